The molecule has 0 spiro atoms. The van der Waals surface area contributed by atoms with Gasteiger partial charge in [-0.2, -0.15) is 0 Å². The van der Waals surface area contributed by atoms with Crippen molar-refractivity contribution in [1.29, 1.82) is 0 Å². The van der Waals surface area contributed by atoms with Crippen LogP contribution in [-0.2, 0) is 17.8 Å². The lowest BCUT2D eigenvalue weighted by Crippen LogP contribution is -2.56. The Labute approximate surface area is 187 Å². The zero-order chi connectivity index (χ0) is 22.7. The molecule has 1 aromatic carbocycles. The SMILES string of the molecule is CC(=O)N1CC(Nc2cc(C(=O)NC[C@H](O)CN3CCc4ccc(C)cc4C3)ncn2)C1. The lowest BCUT2D eigenvalue weighted by Gasteiger charge is -2.39. The summed E-state index contributed by atoms with van der Waals surface area (Å²) < 4.78 is 0. The first-order chi connectivity index (χ1) is 15.4. The quantitative estimate of drug-likeness (QED) is 0.580. The van der Waals surface area contributed by atoms with Crippen molar-refractivity contribution < 1.29 is 14.7 Å². The third kappa shape index (κ3) is 5.41. The van der Waals surface area contributed by atoms with Gasteiger partial charge in [-0.05, 0) is 24.5 Å². The molecule has 32 heavy (non-hydrogen) atoms. The predicted molar refractivity (Wildman–Crippen MR) is 120 cm³/mol. The van der Waals surface area contributed by atoms with E-state index in [1.165, 1.54) is 23.0 Å². The van der Waals surface area contributed by atoms with E-state index in [-0.39, 0.29) is 30.1 Å². The third-order valence-electron chi connectivity index (χ3n) is 6.00. The van der Waals surface area contributed by atoms with E-state index in [2.05, 4.69) is 50.6 Å². The number of nitrogens with one attached hydrogen (secondary N) is 2. The van der Waals surface area contributed by atoms with E-state index in [0.717, 1.165) is 19.5 Å². The van der Waals surface area contributed by atoms with Crippen LogP contribution in [0.4, 0.5) is 5.82 Å². The van der Waals surface area contributed by atoms with Gasteiger partial charge in [0.25, 0.3) is 5.91 Å². The number of likely N-dealkylation sites (tertiary alicyclic amines) is 1. The third-order valence-corrected chi connectivity index (χ3v) is 6.00. The molecular weight excluding hydrogens is 408 g/mol. The first-order valence-corrected chi connectivity index (χ1v) is 11.0. The lowest BCUT2D eigenvalue weighted by atomic mass is 9.97. The Balaban J connectivity index is 1.23. The second kappa shape index (κ2) is 9.62. The van der Waals surface area contributed by atoms with E-state index in [4.69, 9.17) is 0 Å². The maximum atomic E-state index is 12.5. The fourth-order valence-corrected chi connectivity index (χ4v) is 4.16. The number of aliphatic hydroxyl groups excluding tert-OH is 1. The summed E-state index contributed by atoms with van der Waals surface area (Å²) in [5.41, 5.74) is 4.16. The Hall–Kier alpha value is -3.04. The van der Waals surface area contributed by atoms with E-state index in [0.29, 0.717) is 25.5 Å². The van der Waals surface area contributed by atoms with Crippen LogP contribution in [0.3, 0.4) is 0 Å². The van der Waals surface area contributed by atoms with Gasteiger partial charge >= 0.3 is 0 Å². The maximum Gasteiger partial charge on any atom is 0.270 e. The number of carbonyl (C=O) groups excluding carboxylic acids is 2. The average molecular weight is 439 g/mol. The Morgan fingerprint density at radius 3 is 2.81 bits per heavy atom. The summed E-state index contributed by atoms with van der Waals surface area (Å²) in [6.07, 6.45) is 1.64. The topological polar surface area (TPSA) is 111 Å². The summed E-state index contributed by atoms with van der Waals surface area (Å²) in [5.74, 6) is 0.238. The molecule has 0 radical (unpaired) electrons. The van der Waals surface area contributed by atoms with Gasteiger partial charge in [0.05, 0.1) is 12.1 Å². The number of amides is 2. The number of β-amino-alcohol motifs (C(OH)–C–C–N with tert-alkyl or cyclic N) is 1. The van der Waals surface area contributed by atoms with E-state index >= 15 is 0 Å². The Morgan fingerprint density at radius 2 is 2.03 bits per heavy atom. The van der Waals surface area contributed by atoms with Crippen LogP contribution in [-0.4, -0.2) is 81.6 Å². The summed E-state index contributed by atoms with van der Waals surface area (Å²) in [4.78, 5) is 35.9. The largest absolute Gasteiger partial charge is 0.390 e. The number of benzene rings is 1. The van der Waals surface area contributed by atoms with Crippen molar-refractivity contribution in [2.45, 2.75) is 39.0 Å². The van der Waals surface area contributed by atoms with Gasteiger partial charge < -0.3 is 20.6 Å². The second-order valence-electron chi connectivity index (χ2n) is 8.67. The van der Waals surface area contributed by atoms with Crippen LogP contribution in [0.25, 0.3) is 0 Å². The van der Waals surface area contributed by atoms with Gasteiger partial charge in [0.2, 0.25) is 5.91 Å². The highest BCUT2D eigenvalue weighted by Crippen LogP contribution is 2.20. The normalized spacial score (nSPS) is 17.3. The van der Waals surface area contributed by atoms with Gasteiger partial charge in [0, 0.05) is 52.3 Å². The summed E-state index contributed by atoms with van der Waals surface area (Å²) >= 11 is 0. The number of aliphatic hydroxyl groups is 1. The van der Waals surface area contributed by atoms with Crippen molar-refractivity contribution >= 4 is 17.6 Å². The minimum absolute atomic E-state index is 0.0493. The molecule has 4 rings (SSSR count). The van der Waals surface area contributed by atoms with E-state index in [1.807, 2.05) is 0 Å². The van der Waals surface area contributed by atoms with Crippen molar-refractivity contribution in [2.24, 2.45) is 0 Å². The molecule has 0 aliphatic carbocycles. The number of hydrogen-bond donors (Lipinski definition) is 3. The molecule has 3 N–H and O–H groups in total. The summed E-state index contributed by atoms with van der Waals surface area (Å²) in [5, 5.41) is 16.4. The molecule has 0 bridgehead atoms. The monoisotopic (exact) mass is 438 g/mol. The van der Waals surface area contributed by atoms with Gasteiger partial charge in [-0.15, -0.1) is 0 Å². The highest BCUT2D eigenvalue weighted by atomic mass is 16.3. The molecule has 1 fully saturated rings. The van der Waals surface area contributed by atoms with Crippen LogP contribution < -0.4 is 10.6 Å². The number of aryl methyl sites for hydroxylation is 1. The van der Waals surface area contributed by atoms with E-state index in [9.17, 15) is 14.7 Å². The average Bonchev–Trinajstić information content (AvgIpc) is 2.74. The summed E-state index contributed by atoms with van der Waals surface area (Å²) in [6, 6.07) is 8.23. The van der Waals surface area contributed by atoms with Crippen LogP contribution in [0.1, 0.15) is 34.1 Å². The molecule has 2 amide bonds. The molecule has 0 saturated carbocycles. The minimum atomic E-state index is -0.669. The maximum absolute atomic E-state index is 12.5. The first kappa shape index (κ1) is 22.2. The van der Waals surface area contributed by atoms with Crippen molar-refractivity contribution in [2.75, 3.05) is 38.0 Å². The second-order valence-corrected chi connectivity index (χ2v) is 8.67. The lowest BCUT2D eigenvalue weighted by molar-refractivity contribution is -0.132. The summed E-state index contributed by atoms with van der Waals surface area (Å²) in [6.45, 7) is 7.22. The van der Waals surface area contributed by atoms with Crippen LogP contribution in [0, 0.1) is 6.92 Å². The Morgan fingerprint density at radius 1 is 1.22 bits per heavy atom. The van der Waals surface area contributed by atoms with Gasteiger partial charge in [-0.3, -0.25) is 14.5 Å². The van der Waals surface area contributed by atoms with Gasteiger partial charge in [0.15, 0.2) is 0 Å². The fourth-order valence-electron chi connectivity index (χ4n) is 4.16. The number of fused-ring (bicyclic) bond motifs is 1. The van der Waals surface area contributed by atoms with Crippen LogP contribution in [0.15, 0.2) is 30.6 Å². The number of anilines is 1. The number of nitrogens with zero attached hydrogens (tertiary/aromatic N) is 4. The van der Waals surface area contributed by atoms with Crippen molar-refractivity contribution in [3.8, 4) is 0 Å². The van der Waals surface area contributed by atoms with Gasteiger partial charge in [-0.1, -0.05) is 23.8 Å². The number of carbonyl (C=O) groups is 2. The molecule has 2 aliphatic heterocycles. The number of rotatable bonds is 7. The molecular formula is C23H30N6O3. The van der Waals surface area contributed by atoms with Gasteiger partial charge in [-0.25, -0.2) is 9.97 Å². The van der Waals surface area contributed by atoms with Crippen LogP contribution in [0.5, 0.6) is 0 Å². The molecule has 2 aliphatic rings. The molecule has 0 unspecified atom stereocenters. The standard InChI is InChI=1S/C23H30N6O3/c1-15-3-4-17-5-6-28(10-18(17)7-15)13-20(31)9-24-23(32)21-8-22(26-14-25-21)27-19-11-29(12-19)16(2)30/h3-4,7-8,14,19-20,31H,5-6,9-13H2,1-2H3,(H,24,32)(H,25,26,27)/t20-/m0/s1. The zero-order valence-corrected chi connectivity index (χ0v) is 18.5. The van der Waals surface area contributed by atoms with E-state index in [1.54, 1.807) is 17.9 Å². The molecule has 170 valence electrons. The van der Waals surface area contributed by atoms with Crippen molar-refractivity contribution in [3.05, 3.63) is 53.0 Å². The molecule has 9 nitrogen and oxygen atoms in total. The van der Waals surface area contributed by atoms with Crippen LogP contribution >= 0.6 is 0 Å². The number of aromatic nitrogens is 2. The van der Waals surface area contributed by atoms with E-state index < -0.39 is 6.10 Å². The molecule has 1 atom stereocenters. The minimum Gasteiger partial charge on any atom is -0.390 e. The zero-order valence-electron chi connectivity index (χ0n) is 18.5. The highest BCUT2D eigenvalue weighted by Gasteiger charge is 2.28. The molecule has 9 heteroatoms. The molecule has 2 aromatic rings. The Kier molecular flexibility index (Phi) is 6.66. The van der Waals surface area contributed by atoms with Crippen molar-refractivity contribution in [1.82, 2.24) is 25.1 Å². The molecule has 1 aromatic heterocycles. The molecule has 3 heterocycles. The smallest absolute Gasteiger partial charge is 0.270 e. The fraction of sp³-hybridized carbons (Fsp3) is 0.478. The first-order valence-electron chi connectivity index (χ1n) is 11.0. The highest BCUT2D eigenvalue weighted by molar-refractivity contribution is 5.92. The van der Waals surface area contributed by atoms with Crippen LogP contribution in [0.2, 0.25) is 0 Å². The predicted octanol–water partition coefficient (Wildman–Crippen LogP) is 0.577. The number of hydrogen-bond acceptors (Lipinski definition) is 7. The van der Waals surface area contributed by atoms with Crippen molar-refractivity contribution in [3.63, 3.8) is 0 Å². The summed E-state index contributed by atoms with van der Waals surface area (Å²) in [7, 11) is 0. The Bertz CT molecular complexity index is 991. The molecule has 1 saturated heterocycles. The van der Waals surface area contributed by atoms with Gasteiger partial charge in [0.1, 0.15) is 17.8 Å².